The summed E-state index contributed by atoms with van der Waals surface area (Å²) in [6.07, 6.45) is -0.973. The van der Waals surface area contributed by atoms with E-state index in [1.165, 1.54) is 18.2 Å². The first-order chi connectivity index (χ1) is 19.1. The molecule has 3 rings (SSSR count). The maximum absolute atomic E-state index is 12.6. The zero-order chi connectivity index (χ0) is 29.1. The summed E-state index contributed by atoms with van der Waals surface area (Å²) in [6.45, 7) is 3.04. The number of nitro groups is 1. The number of aliphatic carboxylic acids is 1. The Morgan fingerprint density at radius 1 is 1.00 bits per heavy atom. The van der Waals surface area contributed by atoms with E-state index in [1.807, 2.05) is 6.07 Å². The number of nitrogens with one attached hydrogen (secondary N) is 1. The maximum atomic E-state index is 12.6. The first-order valence-corrected chi connectivity index (χ1v) is 12.8. The van der Waals surface area contributed by atoms with Crippen LogP contribution in [0.5, 0.6) is 5.75 Å². The summed E-state index contributed by atoms with van der Waals surface area (Å²) in [4.78, 5) is 62.4. The molecular formula is C27H32N4O9. The molecule has 1 heterocycles. The van der Waals surface area contributed by atoms with Gasteiger partial charge in [0.05, 0.1) is 18.0 Å². The van der Waals surface area contributed by atoms with Gasteiger partial charge in [0.2, 0.25) is 11.8 Å². The van der Waals surface area contributed by atoms with E-state index < -0.39 is 23.0 Å². The van der Waals surface area contributed by atoms with Gasteiger partial charge in [0, 0.05) is 44.7 Å². The minimum atomic E-state index is -1.28. The molecule has 2 aromatic carbocycles. The standard InChI is InChI=1S/C27H32N4O9/c1-19-17-21(31(37)38)7-9-23(19)39-16-11-25(33)30-14-12-29(13-15-30)24(32)10-8-22(26(34)35)28-27(36)40-18-20-5-3-2-4-6-20/h2-7,9,17,22H,8,10-16,18H2,1H3,(H,28,36)(H,34,35)/t22-/m0/s1. The number of hydrogen-bond acceptors (Lipinski definition) is 8. The Morgan fingerprint density at radius 2 is 1.62 bits per heavy atom. The van der Waals surface area contributed by atoms with Gasteiger partial charge < -0.3 is 29.7 Å². The zero-order valence-electron chi connectivity index (χ0n) is 22.1. The summed E-state index contributed by atoms with van der Waals surface area (Å²) in [7, 11) is 0. The number of carboxylic acids is 1. The van der Waals surface area contributed by atoms with Gasteiger partial charge >= 0.3 is 12.1 Å². The summed E-state index contributed by atoms with van der Waals surface area (Å²) in [5.41, 5.74) is 1.31. The largest absolute Gasteiger partial charge is 0.493 e. The number of aryl methyl sites for hydroxylation is 1. The van der Waals surface area contributed by atoms with Gasteiger partial charge in [-0.2, -0.15) is 0 Å². The summed E-state index contributed by atoms with van der Waals surface area (Å²) in [5, 5.41) is 22.6. The fraction of sp³-hybridized carbons (Fsp3) is 0.407. The number of hydrogen-bond donors (Lipinski definition) is 2. The lowest BCUT2D eigenvalue weighted by molar-refractivity contribution is -0.384. The SMILES string of the molecule is Cc1cc([N+](=O)[O-])ccc1OCCC(=O)N1CCN(C(=O)CC[C@H](NC(=O)OCc2ccccc2)C(=O)O)CC1. The molecule has 13 heteroatoms. The van der Waals surface area contributed by atoms with Crippen molar-refractivity contribution in [2.24, 2.45) is 0 Å². The highest BCUT2D eigenvalue weighted by Crippen LogP contribution is 2.23. The zero-order valence-corrected chi connectivity index (χ0v) is 22.1. The Bertz CT molecular complexity index is 1210. The smallest absolute Gasteiger partial charge is 0.408 e. The van der Waals surface area contributed by atoms with Crippen molar-refractivity contribution in [1.29, 1.82) is 0 Å². The molecule has 1 saturated heterocycles. The number of ether oxygens (including phenoxy) is 2. The van der Waals surface area contributed by atoms with Crippen molar-refractivity contribution in [3.63, 3.8) is 0 Å². The molecule has 1 aliphatic heterocycles. The molecular weight excluding hydrogens is 524 g/mol. The highest BCUT2D eigenvalue weighted by Gasteiger charge is 2.27. The number of nitro benzene ring substituents is 1. The van der Waals surface area contributed by atoms with Gasteiger partial charge in [-0.1, -0.05) is 30.3 Å². The number of rotatable bonds is 12. The molecule has 0 radical (unpaired) electrons. The predicted molar refractivity (Wildman–Crippen MR) is 142 cm³/mol. The second-order valence-electron chi connectivity index (χ2n) is 9.20. The molecule has 40 heavy (non-hydrogen) atoms. The number of alkyl carbamates (subject to hydrolysis) is 1. The lowest BCUT2D eigenvalue weighted by atomic mass is 10.1. The number of amides is 3. The highest BCUT2D eigenvalue weighted by atomic mass is 16.6. The molecule has 0 unspecified atom stereocenters. The first-order valence-electron chi connectivity index (χ1n) is 12.8. The average Bonchev–Trinajstić information content (AvgIpc) is 2.95. The van der Waals surface area contributed by atoms with Crippen LogP contribution in [0.2, 0.25) is 0 Å². The van der Waals surface area contributed by atoms with E-state index in [2.05, 4.69) is 5.32 Å². The predicted octanol–water partition coefficient (Wildman–Crippen LogP) is 2.50. The number of benzene rings is 2. The second kappa shape index (κ2) is 14.5. The Labute approximate surface area is 230 Å². The first kappa shape index (κ1) is 29.9. The van der Waals surface area contributed by atoms with Gasteiger partial charge in [0.25, 0.3) is 5.69 Å². The van der Waals surface area contributed by atoms with E-state index in [9.17, 15) is 34.4 Å². The van der Waals surface area contributed by atoms with Crippen LogP contribution in [0.1, 0.15) is 30.4 Å². The third kappa shape index (κ3) is 8.96. The fourth-order valence-corrected chi connectivity index (χ4v) is 4.11. The van der Waals surface area contributed by atoms with E-state index >= 15 is 0 Å². The van der Waals surface area contributed by atoms with Crippen molar-refractivity contribution in [2.75, 3.05) is 32.8 Å². The number of piperazine rings is 1. The van der Waals surface area contributed by atoms with Crippen molar-refractivity contribution in [1.82, 2.24) is 15.1 Å². The van der Waals surface area contributed by atoms with Crippen LogP contribution >= 0.6 is 0 Å². The number of carboxylic acid groups (broad SMARTS) is 1. The van der Waals surface area contributed by atoms with Crippen LogP contribution in [0.3, 0.4) is 0 Å². The number of non-ortho nitro benzene ring substituents is 1. The molecule has 1 aliphatic rings. The normalized spacial score (nSPS) is 13.7. The van der Waals surface area contributed by atoms with Crippen molar-refractivity contribution >= 4 is 29.6 Å². The van der Waals surface area contributed by atoms with Gasteiger partial charge in [0.1, 0.15) is 18.4 Å². The van der Waals surface area contributed by atoms with E-state index in [1.54, 1.807) is 41.0 Å². The van der Waals surface area contributed by atoms with Crippen LogP contribution in [0.4, 0.5) is 10.5 Å². The van der Waals surface area contributed by atoms with Crippen molar-refractivity contribution < 1.29 is 38.7 Å². The lowest BCUT2D eigenvalue weighted by Crippen LogP contribution is -2.51. The molecule has 214 valence electrons. The minimum Gasteiger partial charge on any atom is -0.493 e. The van der Waals surface area contributed by atoms with Gasteiger partial charge in [-0.25, -0.2) is 9.59 Å². The Kier molecular flexibility index (Phi) is 10.8. The Hall–Kier alpha value is -4.68. The maximum Gasteiger partial charge on any atom is 0.408 e. The summed E-state index contributed by atoms with van der Waals surface area (Å²) >= 11 is 0. The number of carbonyl (C=O) groups is 4. The molecule has 0 spiro atoms. The summed E-state index contributed by atoms with van der Waals surface area (Å²) in [5.74, 6) is -1.22. The van der Waals surface area contributed by atoms with Crippen LogP contribution in [0.25, 0.3) is 0 Å². The van der Waals surface area contributed by atoms with E-state index in [-0.39, 0.29) is 50.0 Å². The van der Waals surface area contributed by atoms with Crippen LogP contribution in [-0.2, 0) is 25.7 Å². The monoisotopic (exact) mass is 556 g/mol. The van der Waals surface area contributed by atoms with Crippen molar-refractivity contribution in [3.8, 4) is 5.75 Å². The Morgan fingerprint density at radius 3 is 2.20 bits per heavy atom. The second-order valence-corrected chi connectivity index (χ2v) is 9.20. The lowest BCUT2D eigenvalue weighted by Gasteiger charge is -2.35. The molecule has 0 aliphatic carbocycles. The van der Waals surface area contributed by atoms with Gasteiger partial charge in [-0.3, -0.25) is 19.7 Å². The van der Waals surface area contributed by atoms with Crippen LogP contribution < -0.4 is 10.1 Å². The third-order valence-corrected chi connectivity index (χ3v) is 6.38. The molecule has 0 saturated carbocycles. The molecule has 13 nitrogen and oxygen atoms in total. The Balaban J connectivity index is 1.36. The molecule has 3 amide bonds. The average molecular weight is 557 g/mol. The minimum absolute atomic E-state index is 0.0102. The van der Waals surface area contributed by atoms with Crippen molar-refractivity contribution in [2.45, 2.75) is 38.8 Å². The van der Waals surface area contributed by atoms with Gasteiger partial charge in [-0.05, 0) is 30.5 Å². The highest BCUT2D eigenvalue weighted by molar-refractivity contribution is 5.82. The molecule has 1 atom stereocenters. The van der Waals surface area contributed by atoms with Crippen molar-refractivity contribution in [3.05, 3.63) is 69.8 Å². The van der Waals surface area contributed by atoms with Crippen LogP contribution in [0.15, 0.2) is 48.5 Å². The van der Waals surface area contributed by atoms with E-state index in [4.69, 9.17) is 9.47 Å². The topological polar surface area (TPSA) is 169 Å². The van der Waals surface area contributed by atoms with Gasteiger partial charge in [0.15, 0.2) is 0 Å². The molecule has 0 aromatic heterocycles. The molecule has 2 N–H and O–H groups in total. The van der Waals surface area contributed by atoms with E-state index in [0.29, 0.717) is 37.5 Å². The molecule has 1 fully saturated rings. The number of carbonyl (C=O) groups excluding carboxylic acids is 3. The molecule has 0 bridgehead atoms. The number of nitrogens with zero attached hydrogens (tertiary/aromatic N) is 3. The summed E-state index contributed by atoms with van der Waals surface area (Å²) in [6, 6.07) is 11.9. The van der Waals surface area contributed by atoms with Crippen LogP contribution in [0, 0.1) is 17.0 Å². The van der Waals surface area contributed by atoms with E-state index in [0.717, 1.165) is 5.56 Å². The third-order valence-electron chi connectivity index (χ3n) is 6.38. The van der Waals surface area contributed by atoms with Gasteiger partial charge in [-0.15, -0.1) is 0 Å². The molecule has 2 aromatic rings. The quantitative estimate of drug-likeness (QED) is 0.295. The van der Waals surface area contributed by atoms with Crippen LogP contribution in [-0.4, -0.2) is 82.5 Å². The fourth-order valence-electron chi connectivity index (χ4n) is 4.11. The summed E-state index contributed by atoms with van der Waals surface area (Å²) < 4.78 is 10.7.